The van der Waals surface area contributed by atoms with E-state index < -0.39 is 5.97 Å². The zero-order valence-corrected chi connectivity index (χ0v) is 16.7. The minimum absolute atomic E-state index is 0.0421. The van der Waals surface area contributed by atoms with Gasteiger partial charge in [-0.25, -0.2) is 4.98 Å². The highest BCUT2D eigenvalue weighted by atomic mass is 32.1. The number of aliphatic carboxylic acids is 1. The monoisotopic (exact) mass is 374 g/mol. The van der Waals surface area contributed by atoms with E-state index in [2.05, 4.69) is 31.1 Å². The Bertz CT molecular complexity index is 786. The van der Waals surface area contributed by atoms with E-state index in [0.29, 0.717) is 22.1 Å². The van der Waals surface area contributed by atoms with Crippen LogP contribution < -0.4 is 5.32 Å². The number of hydrogen-bond acceptors (Lipinski definition) is 4. The highest BCUT2D eigenvalue weighted by Crippen LogP contribution is 2.33. The molecule has 0 aliphatic carbocycles. The zero-order chi connectivity index (χ0) is 19.5. The van der Waals surface area contributed by atoms with Crippen LogP contribution in [-0.2, 0) is 21.4 Å². The lowest BCUT2D eigenvalue weighted by molar-refractivity contribution is -0.136. The first-order valence-corrected chi connectivity index (χ1v) is 9.50. The van der Waals surface area contributed by atoms with Crippen LogP contribution in [0, 0.1) is 5.92 Å². The summed E-state index contributed by atoms with van der Waals surface area (Å²) in [6.07, 6.45) is 0.289. The second-order valence-corrected chi connectivity index (χ2v) is 8.92. The fourth-order valence-electron chi connectivity index (χ4n) is 2.56. The SMILES string of the molecule is CC(C)CC(=O)Nc1nc(-c2ccc(C(C)(C)C)cc2)c(CC(=O)O)s1. The molecule has 1 heterocycles. The number of hydrogen-bond donors (Lipinski definition) is 2. The third kappa shape index (κ3) is 5.39. The van der Waals surface area contributed by atoms with Crippen molar-refractivity contribution in [3.63, 3.8) is 0 Å². The van der Waals surface area contributed by atoms with E-state index in [1.54, 1.807) is 0 Å². The van der Waals surface area contributed by atoms with Crippen LogP contribution in [0.15, 0.2) is 24.3 Å². The minimum atomic E-state index is -0.915. The lowest BCUT2D eigenvalue weighted by Gasteiger charge is -2.19. The number of carboxylic acid groups (broad SMARTS) is 1. The summed E-state index contributed by atoms with van der Waals surface area (Å²) in [6.45, 7) is 10.4. The van der Waals surface area contributed by atoms with Gasteiger partial charge in [0.15, 0.2) is 5.13 Å². The molecule has 0 aliphatic heterocycles. The van der Waals surface area contributed by atoms with Crippen LogP contribution in [0.3, 0.4) is 0 Å². The Hall–Kier alpha value is -2.21. The normalized spacial score (nSPS) is 11.6. The Morgan fingerprint density at radius 2 is 1.81 bits per heavy atom. The maximum absolute atomic E-state index is 12.0. The molecule has 1 aromatic heterocycles. The molecule has 140 valence electrons. The minimum Gasteiger partial charge on any atom is -0.481 e. The summed E-state index contributed by atoms with van der Waals surface area (Å²) in [7, 11) is 0. The highest BCUT2D eigenvalue weighted by Gasteiger charge is 2.19. The number of carboxylic acids is 1. The molecule has 2 N–H and O–H groups in total. The lowest BCUT2D eigenvalue weighted by atomic mass is 9.86. The van der Waals surface area contributed by atoms with E-state index in [1.807, 2.05) is 38.1 Å². The standard InChI is InChI=1S/C20H26N2O3S/c1-12(2)10-16(23)21-19-22-18(15(26-19)11-17(24)25)13-6-8-14(9-7-13)20(3,4)5/h6-9,12H,10-11H2,1-5H3,(H,24,25)(H,21,22,23). The number of rotatable bonds is 6. The summed E-state index contributed by atoms with van der Waals surface area (Å²) < 4.78 is 0. The third-order valence-electron chi connectivity index (χ3n) is 3.87. The maximum Gasteiger partial charge on any atom is 0.308 e. The Labute approximate surface area is 158 Å². The number of anilines is 1. The average Bonchev–Trinajstić information content (AvgIpc) is 2.87. The van der Waals surface area contributed by atoms with Gasteiger partial charge in [0.05, 0.1) is 12.1 Å². The van der Waals surface area contributed by atoms with Crippen LogP contribution in [-0.4, -0.2) is 22.0 Å². The number of nitrogens with one attached hydrogen (secondary N) is 1. The molecule has 0 unspecified atom stereocenters. The van der Waals surface area contributed by atoms with Crippen LogP contribution in [0.5, 0.6) is 0 Å². The van der Waals surface area contributed by atoms with Gasteiger partial charge in [-0.2, -0.15) is 0 Å². The molecule has 0 aliphatic rings. The molecule has 1 aromatic carbocycles. The van der Waals surface area contributed by atoms with E-state index in [-0.39, 0.29) is 23.7 Å². The topological polar surface area (TPSA) is 79.3 Å². The fourth-order valence-corrected chi connectivity index (χ4v) is 3.55. The van der Waals surface area contributed by atoms with E-state index in [4.69, 9.17) is 0 Å². The second-order valence-electron chi connectivity index (χ2n) is 7.83. The van der Waals surface area contributed by atoms with Gasteiger partial charge in [-0.1, -0.05) is 58.9 Å². The van der Waals surface area contributed by atoms with Crippen LogP contribution in [0.2, 0.25) is 0 Å². The molecular weight excluding hydrogens is 348 g/mol. The number of carbonyl (C=O) groups excluding carboxylic acids is 1. The summed E-state index contributed by atoms with van der Waals surface area (Å²) in [5.41, 5.74) is 2.72. The van der Waals surface area contributed by atoms with Gasteiger partial charge in [0.1, 0.15) is 0 Å². The van der Waals surface area contributed by atoms with Crippen LogP contribution in [0.4, 0.5) is 5.13 Å². The maximum atomic E-state index is 12.0. The van der Waals surface area contributed by atoms with Crippen molar-refractivity contribution in [2.24, 2.45) is 5.92 Å². The van der Waals surface area contributed by atoms with Gasteiger partial charge in [0.2, 0.25) is 5.91 Å². The molecule has 6 heteroatoms. The van der Waals surface area contributed by atoms with E-state index in [0.717, 1.165) is 5.56 Å². The van der Waals surface area contributed by atoms with Crippen LogP contribution in [0.25, 0.3) is 11.3 Å². The van der Waals surface area contributed by atoms with Crippen molar-refractivity contribution in [3.05, 3.63) is 34.7 Å². The number of nitrogens with zero attached hydrogens (tertiary/aromatic N) is 1. The molecule has 5 nitrogen and oxygen atoms in total. The summed E-state index contributed by atoms with van der Waals surface area (Å²) in [5.74, 6) is -0.774. The van der Waals surface area contributed by atoms with E-state index in [9.17, 15) is 14.7 Å². The second kappa shape index (κ2) is 7.99. The summed E-state index contributed by atoms with van der Waals surface area (Å²) >= 11 is 1.22. The quantitative estimate of drug-likeness (QED) is 0.767. The number of thiazole rings is 1. The van der Waals surface area contributed by atoms with Gasteiger partial charge in [-0.3, -0.25) is 9.59 Å². The van der Waals surface area contributed by atoms with Gasteiger partial charge in [-0.05, 0) is 16.9 Å². The molecule has 0 bridgehead atoms. The Balaban J connectivity index is 2.33. The molecule has 0 spiro atoms. The van der Waals surface area contributed by atoms with Crippen molar-refractivity contribution >= 4 is 28.3 Å². The molecule has 0 atom stereocenters. The molecule has 0 saturated heterocycles. The number of aromatic nitrogens is 1. The summed E-state index contributed by atoms with van der Waals surface area (Å²) in [4.78, 5) is 28.3. The first kappa shape index (κ1) is 20.1. The van der Waals surface area contributed by atoms with Crippen molar-refractivity contribution in [2.75, 3.05) is 5.32 Å². The molecular formula is C20H26N2O3S. The Kier molecular flexibility index (Phi) is 6.18. The fraction of sp³-hybridized carbons (Fsp3) is 0.450. The van der Waals surface area contributed by atoms with E-state index >= 15 is 0 Å². The summed E-state index contributed by atoms with van der Waals surface area (Å²) in [5, 5.41) is 12.4. The molecule has 2 rings (SSSR count). The molecule has 0 saturated carbocycles. The molecule has 2 aromatic rings. The first-order chi connectivity index (χ1) is 12.1. The zero-order valence-electron chi connectivity index (χ0n) is 15.9. The van der Waals surface area contributed by atoms with Gasteiger partial charge < -0.3 is 10.4 Å². The van der Waals surface area contributed by atoms with Crippen molar-refractivity contribution < 1.29 is 14.7 Å². The smallest absolute Gasteiger partial charge is 0.308 e. The lowest BCUT2D eigenvalue weighted by Crippen LogP contribution is -2.13. The van der Waals surface area contributed by atoms with Crippen molar-refractivity contribution in [1.82, 2.24) is 4.98 Å². The number of amides is 1. The number of carbonyl (C=O) groups is 2. The van der Waals surface area contributed by atoms with Gasteiger partial charge in [-0.15, -0.1) is 11.3 Å². The Morgan fingerprint density at radius 3 is 2.31 bits per heavy atom. The van der Waals surface area contributed by atoms with Gasteiger partial charge >= 0.3 is 5.97 Å². The number of benzene rings is 1. The predicted octanol–water partition coefficient (Wildman–Crippen LogP) is 4.72. The Morgan fingerprint density at radius 1 is 1.19 bits per heavy atom. The van der Waals surface area contributed by atoms with E-state index in [1.165, 1.54) is 16.9 Å². The molecule has 0 fully saturated rings. The third-order valence-corrected chi connectivity index (χ3v) is 4.84. The largest absolute Gasteiger partial charge is 0.481 e. The van der Waals surface area contributed by atoms with Gasteiger partial charge in [0.25, 0.3) is 0 Å². The van der Waals surface area contributed by atoms with Crippen molar-refractivity contribution in [1.29, 1.82) is 0 Å². The van der Waals surface area contributed by atoms with Crippen molar-refractivity contribution in [3.8, 4) is 11.3 Å². The molecule has 1 amide bonds. The predicted molar refractivity (Wildman–Crippen MR) is 106 cm³/mol. The van der Waals surface area contributed by atoms with Gasteiger partial charge in [0, 0.05) is 16.9 Å². The average molecular weight is 375 g/mol. The molecule has 26 heavy (non-hydrogen) atoms. The van der Waals surface area contributed by atoms with Crippen LogP contribution in [0.1, 0.15) is 51.5 Å². The molecule has 0 radical (unpaired) electrons. The first-order valence-electron chi connectivity index (χ1n) is 8.68. The van der Waals surface area contributed by atoms with Crippen molar-refractivity contribution in [2.45, 2.75) is 52.9 Å². The summed E-state index contributed by atoms with van der Waals surface area (Å²) in [6, 6.07) is 7.99. The highest BCUT2D eigenvalue weighted by molar-refractivity contribution is 7.16. The van der Waals surface area contributed by atoms with Crippen LogP contribution >= 0.6 is 11.3 Å².